The minimum absolute atomic E-state index is 0.00966. The Morgan fingerprint density at radius 1 is 1.06 bits per heavy atom. The summed E-state index contributed by atoms with van der Waals surface area (Å²) in [6.07, 6.45) is 3.66. The lowest BCUT2D eigenvalue weighted by Crippen LogP contribution is -2.49. The summed E-state index contributed by atoms with van der Waals surface area (Å²) in [5.41, 5.74) is 1.85. The summed E-state index contributed by atoms with van der Waals surface area (Å²) in [6.45, 7) is 1.06. The molecule has 0 spiro atoms. The molecule has 35 heavy (non-hydrogen) atoms. The van der Waals surface area contributed by atoms with E-state index in [0.29, 0.717) is 43.5 Å². The van der Waals surface area contributed by atoms with Crippen molar-refractivity contribution >= 4 is 17.6 Å². The highest BCUT2D eigenvalue weighted by molar-refractivity contribution is 6.06. The van der Waals surface area contributed by atoms with Crippen LogP contribution in [0.25, 0.3) is 0 Å². The van der Waals surface area contributed by atoms with Gasteiger partial charge in [0.2, 0.25) is 11.8 Å². The first-order valence-corrected chi connectivity index (χ1v) is 12.4. The molecule has 7 heteroatoms. The van der Waals surface area contributed by atoms with Crippen LogP contribution in [0.3, 0.4) is 0 Å². The van der Waals surface area contributed by atoms with Crippen molar-refractivity contribution in [1.29, 1.82) is 0 Å². The molecule has 1 heterocycles. The van der Waals surface area contributed by atoms with Crippen molar-refractivity contribution in [2.45, 2.75) is 50.5 Å². The second-order valence-electron chi connectivity index (χ2n) is 10.2. The summed E-state index contributed by atoms with van der Waals surface area (Å²) in [5, 5.41) is 0. The molecule has 184 valence electrons. The number of nitrogens with zero attached hydrogens (tertiary/aromatic N) is 2. The number of likely N-dealkylation sites (N-methyl/N-ethyl adjacent to an activating group) is 1. The van der Waals surface area contributed by atoms with Crippen LogP contribution in [0.2, 0.25) is 0 Å². The average Bonchev–Trinajstić information content (AvgIpc) is 3.66. The van der Waals surface area contributed by atoms with E-state index in [9.17, 15) is 23.2 Å². The van der Waals surface area contributed by atoms with Gasteiger partial charge in [0.25, 0.3) is 0 Å². The predicted molar refractivity (Wildman–Crippen MR) is 127 cm³/mol. The number of likely N-dealkylation sites (tertiary alicyclic amines) is 1. The highest BCUT2D eigenvalue weighted by Gasteiger charge is 2.41. The molecule has 1 aliphatic heterocycles. The molecule has 0 radical (unpaired) electrons. The number of ketones is 1. The van der Waals surface area contributed by atoms with E-state index in [1.165, 1.54) is 12.1 Å². The summed E-state index contributed by atoms with van der Waals surface area (Å²) < 4.78 is 27.9. The fourth-order valence-electron chi connectivity index (χ4n) is 5.72. The van der Waals surface area contributed by atoms with Gasteiger partial charge in [-0.15, -0.1) is 0 Å². The van der Waals surface area contributed by atoms with Gasteiger partial charge in [-0.3, -0.25) is 14.4 Å². The van der Waals surface area contributed by atoms with Crippen molar-refractivity contribution < 1.29 is 23.2 Å². The predicted octanol–water partition coefficient (Wildman–Crippen LogP) is 4.35. The van der Waals surface area contributed by atoms with Gasteiger partial charge < -0.3 is 9.80 Å². The third kappa shape index (κ3) is 4.73. The van der Waals surface area contributed by atoms with Crippen molar-refractivity contribution in [3.8, 4) is 0 Å². The molecule has 0 aromatic heterocycles. The second-order valence-corrected chi connectivity index (χ2v) is 10.2. The molecular formula is C28H30F2N2O3. The molecule has 2 aromatic carbocycles. The lowest BCUT2D eigenvalue weighted by atomic mass is 9.84. The van der Waals surface area contributed by atoms with E-state index in [4.69, 9.17) is 0 Å². The van der Waals surface area contributed by atoms with Gasteiger partial charge in [-0.1, -0.05) is 30.3 Å². The fourth-order valence-corrected chi connectivity index (χ4v) is 5.72. The Bertz CT molecular complexity index is 1150. The van der Waals surface area contributed by atoms with Gasteiger partial charge >= 0.3 is 0 Å². The molecule has 0 bridgehead atoms. The molecule has 2 fully saturated rings. The molecule has 2 aromatic rings. The maximum absolute atomic E-state index is 14.5. The number of piperidine rings is 1. The zero-order valence-corrected chi connectivity index (χ0v) is 19.9. The van der Waals surface area contributed by atoms with Gasteiger partial charge in [-0.25, -0.2) is 8.78 Å². The average molecular weight is 481 g/mol. The molecule has 0 unspecified atom stereocenters. The maximum Gasteiger partial charge on any atom is 0.230 e. The van der Waals surface area contributed by atoms with Gasteiger partial charge in [-0.2, -0.15) is 0 Å². The van der Waals surface area contributed by atoms with E-state index < -0.39 is 17.6 Å². The SMILES string of the molecule is CN(C(=O)C1CC1)[C@@H](Cc1ccc(F)cc1F)C1CCN(C(=O)[C@H]2CC(=O)c3ccccc32)CC1. The number of carbonyl (C=O) groups is 3. The molecule has 2 atom stereocenters. The number of halogens is 2. The summed E-state index contributed by atoms with van der Waals surface area (Å²) in [6, 6.07) is 10.7. The first-order chi connectivity index (χ1) is 16.8. The van der Waals surface area contributed by atoms with Crippen LogP contribution in [0.5, 0.6) is 0 Å². The number of hydrogen-bond donors (Lipinski definition) is 0. The number of amides is 2. The molecule has 2 aliphatic carbocycles. The summed E-state index contributed by atoms with van der Waals surface area (Å²) in [4.78, 5) is 42.2. The van der Waals surface area contributed by atoms with Crippen LogP contribution in [0.4, 0.5) is 8.78 Å². The number of benzene rings is 2. The zero-order valence-electron chi connectivity index (χ0n) is 19.9. The van der Waals surface area contributed by atoms with Crippen LogP contribution in [0.1, 0.15) is 59.5 Å². The molecule has 5 rings (SSSR count). The largest absolute Gasteiger partial charge is 0.342 e. The van der Waals surface area contributed by atoms with Gasteiger partial charge in [0.05, 0.1) is 5.92 Å². The Kier molecular flexibility index (Phi) is 6.43. The topological polar surface area (TPSA) is 57.7 Å². The van der Waals surface area contributed by atoms with Crippen LogP contribution >= 0.6 is 0 Å². The Morgan fingerprint density at radius 2 is 1.77 bits per heavy atom. The van der Waals surface area contributed by atoms with Crippen LogP contribution in [0, 0.1) is 23.5 Å². The number of hydrogen-bond acceptors (Lipinski definition) is 3. The quantitative estimate of drug-likeness (QED) is 0.618. The van der Waals surface area contributed by atoms with E-state index in [-0.39, 0.29) is 41.9 Å². The van der Waals surface area contributed by atoms with E-state index in [1.807, 2.05) is 23.1 Å². The third-order valence-electron chi connectivity index (χ3n) is 7.94. The summed E-state index contributed by atoms with van der Waals surface area (Å²) in [7, 11) is 1.78. The normalized spacial score (nSPS) is 21.1. The lowest BCUT2D eigenvalue weighted by molar-refractivity contribution is -0.137. The van der Waals surface area contributed by atoms with Gasteiger partial charge in [-0.05, 0) is 55.2 Å². The smallest absolute Gasteiger partial charge is 0.230 e. The van der Waals surface area contributed by atoms with Crippen molar-refractivity contribution in [2.75, 3.05) is 20.1 Å². The van der Waals surface area contributed by atoms with Gasteiger partial charge in [0, 0.05) is 50.1 Å². The first kappa shape index (κ1) is 23.6. The van der Waals surface area contributed by atoms with Crippen LogP contribution in [-0.2, 0) is 16.0 Å². The van der Waals surface area contributed by atoms with Crippen molar-refractivity contribution in [3.63, 3.8) is 0 Å². The molecular weight excluding hydrogens is 450 g/mol. The first-order valence-electron chi connectivity index (χ1n) is 12.4. The molecule has 5 nitrogen and oxygen atoms in total. The Hall–Kier alpha value is -3.09. The van der Waals surface area contributed by atoms with E-state index in [0.717, 1.165) is 24.5 Å². The van der Waals surface area contributed by atoms with E-state index >= 15 is 0 Å². The third-order valence-corrected chi connectivity index (χ3v) is 7.94. The van der Waals surface area contributed by atoms with Gasteiger partial charge in [0.1, 0.15) is 11.6 Å². The molecule has 1 saturated carbocycles. The molecule has 2 amide bonds. The molecule has 0 N–H and O–H groups in total. The summed E-state index contributed by atoms with van der Waals surface area (Å²) in [5.74, 6) is -1.45. The van der Waals surface area contributed by atoms with Crippen molar-refractivity contribution in [3.05, 3.63) is 70.8 Å². The summed E-state index contributed by atoms with van der Waals surface area (Å²) >= 11 is 0. The standard InChI is InChI=1S/C28H30F2N2O3/c1-31(27(34)18-6-7-18)25(14-19-8-9-20(29)15-24(19)30)17-10-12-32(13-11-17)28(35)23-16-26(33)22-5-3-2-4-21(22)23/h2-5,8-9,15,17-18,23,25H,6-7,10-14,16H2,1H3/t23-,25-/m0/s1. The molecule has 3 aliphatic rings. The lowest BCUT2D eigenvalue weighted by Gasteiger charge is -2.41. The van der Waals surface area contributed by atoms with Gasteiger partial charge in [0.15, 0.2) is 5.78 Å². The Balaban J connectivity index is 1.29. The number of rotatable bonds is 6. The molecule has 1 saturated heterocycles. The maximum atomic E-state index is 14.5. The number of Topliss-reactive ketones (excluding diaryl/α,β-unsaturated/α-hetero) is 1. The van der Waals surface area contributed by atoms with Crippen molar-refractivity contribution in [2.24, 2.45) is 11.8 Å². The highest BCUT2D eigenvalue weighted by Crippen LogP contribution is 2.37. The number of fused-ring (bicyclic) bond motifs is 1. The zero-order chi connectivity index (χ0) is 24.7. The minimum atomic E-state index is -0.621. The van der Waals surface area contributed by atoms with Crippen LogP contribution in [-0.4, -0.2) is 53.6 Å². The monoisotopic (exact) mass is 480 g/mol. The fraction of sp³-hybridized carbons (Fsp3) is 0.464. The number of carbonyl (C=O) groups excluding carboxylic acids is 3. The van der Waals surface area contributed by atoms with E-state index in [1.54, 1.807) is 18.0 Å². The van der Waals surface area contributed by atoms with E-state index in [2.05, 4.69) is 0 Å². The highest BCUT2D eigenvalue weighted by atomic mass is 19.1. The van der Waals surface area contributed by atoms with Crippen molar-refractivity contribution in [1.82, 2.24) is 9.80 Å². The van der Waals surface area contributed by atoms with Crippen LogP contribution in [0.15, 0.2) is 42.5 Å². The van der Waals surface area contributed by atoms with Crippen LogP contribution < -0.4 is 0 Å². The second kappa shape index (κ2) is 9.51. The Labute approximate surface area is 204 Å². The Morgan fingerprint density at radius 3 is 2.46 bits per heavy atom. The minimum Gasteiger partial charge on any atom is -0.342 e.